The van der Waals surface area contributed by atoms with Crippen LogP contribution >= 0.6 is 0 Å². The molecule has 0 saturated carbocycles. The lowest BCUT2D eigenvalue weighted by molar-refractivity contribution is -0.118. The number of hydrogen-bond donors (Lipinski definition) is 4. The van der Waals surface area contributed by atoms with E-state index in [1.165, 1.54) is 35.4 Å². The minimum absolute atomic E-state index is 0.0987. The summed E-state index contributed by atoms with van der Waals surface area (Å²) in [4.78, 5) is 12.3. The topological polar surface area (TPSA) is 139 Å². The van der Waals surface area contributed by atoms with Gasteiger partial charge in [0, 0.05) is 18.8 Å². The van der Waals surface area contributed by atoms with Crippen molar-refractivity contribution in [2.45, 2.75) is 12.0 Å². The van der Waals surface area contributed by atoms with E-state index in [-0.39, 0.29) is 6.54 Å². The highest BCUT2D eigenvalue weighted by Crippen LogP contribution is 2.21. The fourth-order valence-electron chi connectivity index (χ4n) is 3.17. The summed E-state index contributed by atoms with van der Waals surface area (Å²) in [5.41, 5.74) is 14.0. The number of para-hydroxylation sites is 1. The lowest BCUT2D eigenvalue weighted by Crippen LogP contribution is -2.52. The summed E-state index contributed by atoms with van der Waals surface area (Å²) in [5, 5.41) is 2.13. The number of amides is 1. The zero-order valence-electron chi connectivity index (χ0n) is 18.6. The zero-order chi connectivity index (χ0) is 25.4. The van der Waals surface area contributed by atoms with Crippen molar-refractivity contribution < 1.29 is 22.2 Å². The first kappa shape index (κ1) is 25.5. The highest BCUT2D eigenvalue weighted by Gasteiger charge is 2.32. The number of anilines is 2. The number of carbonyl (C=O) groups is 1. The van der Waals surface area contributed by atoms with Crippen molar-refractivity contribution in [1.82, 2.24) is 10.2 Å². The van der Waals surface area contributed by atoms with Crippen LogP contribution in [0.15, 0.2) is 85.1 Å². The van der Waals surface area contributed by atoms with Gasteiger partial charge in [0.2, 0.25) is 11.4 Å². The first-order chi connectivity index (χ1) is 16.6. The van der Waals surface area contributed by atoms with Crippen LogP contribution in [0.1, 0.15) is 16.7 Å². The Bertz CT molecular complexity index is 1330. The van der Waals surface area contributed by atoms with Crippen LogP contribution in [-0.4, -0.2) is 29.3 Å². The van der Waals surface area contributed by atoms with E-state index in [0.717, 1.165) is 17.2 Å². The highest BCUT2D eigenvalue weighted by atomic mass is 32.2. The SMILES string of the molecule is Nc1cccc(C=Cc2ccccc2)c1N.O=C1C=CN(Cc2ccc(F)cc2)C(S(=O)(=O)O)N1. The lowest BCUT2D eigenvalue weighted by atomic mass is 10.1. The van der Waals surface area contributed by atoms with E-state index in [4.69, 9.17) is 16.0 Å². The Kier molecular flexibility index (Phi) is 8.24. The highest BCUT2D eigenvalue weighted by molar-refractivity contribution is 7.86. The summed E-state index contributed by atoms with van der Waals surface area (Å²) in [5.74, 6) is -1.02. The second-order valence-electron chi connectivity index (χ2n) is 7.58. The van der Waals surface area contributed by atoms with E-state index in [1.807, 2.05) is 54.6 Å². The second kappa shape index (κ2) is 11.3. The van der Waals surface area contributed by atoms with E-state index < -0.39 is 27.3 Å². The minimum Gasteiger partial charge on any atom is -0.397 e. The smallest absolute Gasteiger partial charge is 0.306 e. The van der Waals surface area contributed by atoms with E-state index in [1.54, 1.807) is 6.07 Å². The van der Waals surface area contributed by atoms with Crippen LogP contribution in [0.4, 0.5) is 15.8 Å². The summed E-state index contributed by atoms with van der Waals surface area (Å²) in [6, 6.07) is 21.2. The average Bonchev–Trinajstić information content (AvgIpc) is 2.83. The van der Waals surface area contributed by atoms with E-state index in [0.29, 0.717) is 16.9 Å². The Balaban J connectivity index is 0.000000198. The number of halogens is 1. The average molecular weight is 497 g/mol. The van der Waals surface area contributed by atoms with Crippen LogP contribution in [0.3, 0.4) is 0 Å². The summed E-state index contributed by atoms with van der Waals surface area (Å²) in [6.45, 7) is 0.0987. The molecule has 8 nitrogen and oxygen atoms in total. The Morgan fingerprint density at radius 1 is 0.971 bits per heavy atom. The van der Waals surface area contributed by atoms with Gasteiger partial charge in [-0.25, -0.2) is 4.39 Å². The molecule has 3 aromatic carbocycles. The molecule has 1 aliphatic rings. The first-order valence-corrected chi connectivity index (χ1v) is 12.0. The largest absolute Gasteiger partial charge is 0.397 e. The first-order valence-electron chi connectivity index (χ1n) is 10.5. The number of hydrogen-bond acceptors (Lipinski definition) is 6. The minimum atomic E-state index is -4.47. The monoisotopic (exact) mass is 496 g/mol. The molecule has 0 radical (unpaired) electrons. The fraction of sp³-hybridized carbons (Fsp3) is 0.0800. The van der Waals surface area contributed by atoms with Crippen molar-refractivity contribution >= 4 is 39.6 Å². The molecule has 1 aliphatic heterocycles. The normalized spacial score (nSPS) is 15.4. The molecule has 0 fully saturated rings. The van der Waals surface area contributed by atoms with Crippen LogP contribution < -0.4 is 16.8 Å². The van der Waals surface area contributed by atoms with Crippen molar-refractivity contribution in [3.05, 3.63) is 108 Å². The number of nitrogens with two attached hydrogens (primary N) is 2. The molecule has 0 aliphatic carbocycles. The molecule has 35 heavy (non-hydrogen) atoms. The maximum absolute atomic E-state index is 12.8. The van der Waals surface area contributed by atoms with Gasteiger partial charge < -0.3 is 21.7 Å². The molecule has 6 N–H and O–H groups in total. The molecular formula is C25H25FN4O4S. The molecule has 0 bridgehead atoms. The van der Waals surface area contributed by atoms with Gasteiger partial charge in [-0.1, -0.05) is 66.7 Å². The molecule has 3 aromatic rings. The third-order valence-corrected chi connectivity index (χ3v) is 5.93. The lowest BCUT2D eigenvalue weighted by Gasteiger charge is -2.31. The number of nitrogen functional groups attached to an aromatic ring is 2. The third kappa shape index (κ3) is 7.42. The molecule has 1 heterocycles. The van der Waals surface area contributed by atoms with Crippen molar-refractivity contribution in [2.75, 3.05) is 11.5 Å². The number of carbonyl (C=O) groups excluding carboxylic acids is 1. The molecule has 1 unspecified atom stereocenters. The van der Waals surface area contributed by atoms with Gasteiger partial charge in [0.15, 0.2) is 0 Å². The van der Waals surface area contributed by atoms with Gasteiger partial charge in [0.25, 0.3) is 0 Å². The van der Waals surface area contributed by atoms with Crippen molar-refractivity contribution in [1.29, 1.82) is 0 Å². The maximum Gasteiger partial charge on any atom is 0.306 e. The Morgan fingerprint density at radius 3 is 2.31 bits per heavy atom. The Morgan fingerprint density at radius 2 is 1.66 bits per heavy atom. The van der Waals surface area contributed by atoms with Gasteiger partial charge >= 0.3 is 10.1 Å². The van der Waals surface area contributed by atoms with E-state index in [9.17, 15) is 17.6 Å². The number of nitrogens with one attached hydrogen (secondary N) is 1. The predicted molar refractivity (Wildman–Crippen MR) is 135 cm³/mol. The quantitative estimate of drug-likeness (QED) is 0.241. The zero-order valence-corrected chi connectivity index (χ0v) is 19.4. The van der Waals surface area contributed by atoms with Crippen LogP contribution in [0, 0.1) is 5.82 Å². The molecule has 10 heteroatoms. The predicted octanol–water partition coefficient (Wildman–Crippen LogP) is 3.46. The maximum atomic E-state index is 12.8. The van der Waals surface area contributed by atoms with Crippen LogP contribution in [0.5, 0.6) is 0 Å². The van der Waals surface area contributed by atoms with E-state index in [2.05, 4.69) is 5.32 Å². The molecule has 1 amide bonds. The van der Waals surface area contributed by atoms with Gasteiger partial charge in [0.1, 0.15) is 5.82 Å². The van der Waals surface area contributed by atoms with Crippen LogP contribution in [0.2, 0.25) is 0 Å². The van der Waals surface area contributed by atoms with Gasteiger partial charge in [-0.05, 0) is 34.9 Å². The summed E-state index contributed by atoms with van der Waals surface area (Å²) in [7, 11) is -4.47. The summed E-state index contributed by atoms with van der Waals surface area (Å²) < 4.78 is 44.2. The molecule has 182 valence electrons. The van der Waals surface area contributed by atoms with Gasteiger partial charge in [-0.15, -0.1) is 0 Å². The van der Waals surface area contributed by atoms with Gasteiger partial charge in [0.05, 0.1) is 11.4 Å². The van der Waals surface area contributed by atoms with Crippen LogP contribution in [-0.2, 0) is 21.5 Å². The standard InChI is InChI=1S/C14H14N2.C11H11FN2O4S/c15-13-8-4-7-12(14(13)16)10-9-11-5-2-1-3-6-11;12-9-3-1-8(2-4-9)7-14-6-5-10(15)13-11(14)19(16,17)18/h1-10H,15-16H2;1-6,11H,7H2,(H,13,15)(H,16,17,18). The summed E-state index contributed by atoms with van der Waals surface area (Å²) in [6.07, 6.45) is 6.40. The molecule has 4 rings (SSSR count). The molecule has 0 spiro atoms. The molecule has 0 saturated heterocycles. The van der Waals surface area contributed by atoms with Crippen molar-refractivity contribution in [3.8, 4) is 0 Å². The van der Waals surface area contributed by atoms with Crippen molar-refractivity contribution in [3.63, 3.8) is 0 Å². The fourth-order valence-corrected chi connectivity index (χ4v) is 3.93. The molecular weight excluding hydrogens is 471 g/mol. The second-order valence-corrected chi connectivity index (χ2v) is 9.06. The molecule has 1 atom stereocenters. The number of benzene rings is 3. The van der Waals surface area contributed by atoms with Crippen LogP contribution in [0.25, 0.3) is 12.2 Å². The summed E-state index contributed by atoms with van der Waals surface area (Å²) >= 11 is 0. The van der Waals surface area contributed by atoms with E-state index >= 15 is 0 Å². The van der Waals surface area contributed by atoms with Gasteiger partial charge in [-0.3, -0.25) is 9.35 Å². The third-order valence-electron chi connectivity index (χ3n) is 4.97. The number of nitrogens with zero attached hydrogens (tertiary/aromatic N) is 1. The van der Waals surface area contributed by atoms with Gasteiger partial charge in [-0.2, -0.15) is 8.42 Å². The Hall–Kier alpha value is -4.15. The molecule has 0 aromatic heterocycles. The Labute approximate surface area is 203 Å². The number of rotatable bonds is 5. The van der Waals surface area contributed by atoms with Crippen molar-refractivity contribution in [2.24, 2.45) is 0 Å².